The zero-order valence-electron chi connectivity index (χ0n) is 10.7. The topological polar surface area (TPSA) is 64.6 Å². The average Bonchev–Trinajstić information content (AvgIpc) is 2.31. The van der Waals surface area contributed by atoms with Crippen molar-refractivity contribution >= 4 is 33.2 Å². The number of hydrogen-bond acceptors (Lipinski definition) is 4. The van der Waals surface area contributed by atoms with Crippen molar-refractivity contribution in [3.8, 4) is 5.75 Å². The normalized spacial score (nSPS) is 13.3. The molecule has 19 heavy (non-hydrogen) atoms. The molecular formula is C11H15Cl2NO4S. The molecule has 0 radical (unpaired) electrons. The lowest BCUT2D eigenvalue weighted by Gasteiger charge is -2.15. The molecule has 1 atom stereocenters. The zero-order chi connectivity index (χ0) is 14.6. The lowest BCUT2D eigenvalue weighted by Crippen LogP contribution is -2.35. The van der Waals surface area contributed by atoms with Crippen LogP contribution in [0.15, 0.2) is 17.0 Å². The predicted octanol–water partition coefficient (Wildman–Crippen LogP) is 2.32. The van der Waals surface area contributed by atoms with Gasteiger partial charge in [0, 0.05) is 13.2 Å². The van der Waals surface area contributed by atoms with Crippen LogP contribution in [0.3, 0.4) is 0 Å². The van der Waals surface area contributed by atoms with Gasteiger partial charge in [0.2, 0.25) is 10.0 Å². The van der Waals surface area contributed by atoms with Gasteiger partial charge in [-0.2, -0.15) is 0 Å². The third-order valence-electron chi connectivity index (χ3n) is 2.29. The standard InChI is InChI=1S/C11H15Cl2NO4S/c1-7(6-17-2)14-19(15,16)9-5-4-8(18-3)10(12)11(9)13/h4-5,7,14H,6H2,1-3H3/t7-/m1/s1. The van der Waals surface area contributed by atoms with Crippen LogP contribution >= 0.6 is 23.2 Å². The second kappa shape index (κ2) is 6.76. The number of methoxy groups -OCH3 is 2. The van der Waals surface area contributed by atoms with Crippen LogP contribution in [-0.4, -0.2) is 35.3 Å². The van der Waals surface area contributed by atoms with Crippen molar-refractivity contribution in [3.63, 3.8) is 0 Å². The first-order valence-corrected chi connectivity index (χ1v) is 7.60. The quantitative estimate of drug-likeness (QED) is 0.870. The molecule has 0 saturated heterocycles. The fourth-order valence-corrected chi connectivity index (χ4v) is 3.56. The Morgan fingerprint density at radius 1 is 1.26 bits per heavy atom. The third-order valence-corrected chi connectivity index (χ3v) is 4.90. The van der Waals surface area contributed by atoms with E-state index in [0.717, 1.165) is 0 Å². The van der Waals surface area contributed by atoms with E-state index in [0.29, 0.717) is 5.75 Å². The fourth-order valence-electron chi connectivity index (χ4n) is 1.49. The molecule has 5 nitrogen and oxygen atoms in total. The Hall–Kier alpha value is -0.530. The highest BCUT2D eigenvalue weighted by Gasteiger charge is 2.23. The van der Waals surface area contributed by atoms with Gasteiger partial charge >= 0.3 is 0 Å². The number of rotatable bonds is 6. The van der Waals surface area contributed by atoms with Crippen LogP contribution in [0.1, 0.15) is 6.92 Å². The van der Waals surface area contributed by atoms with E-state index in [1.54, 1.807) is 6.92 Å². The number of benzene rings is 1. The summed E-state index contributed by atoms with van der Waals surface area (Å²) in [6.45, 7) is 1.93. The molecule has 0 aromatic heterocycles. The second-order valence-corrected chi connectivity index (χ2v) is 6.31. The summed E-state index contributed by atoms with van der Waals surface area (Å²) in [7, 11) is -0.852. The van der Waals surface area contributed by atoms with E-state index in [1.807, 2.05) is 0 Å². The molecule has 0 aliphatic carbocycles. The van der Waals surface area contributed by atoms with E-state index < -0.39 is 10.0 Å². The van der Waals surface area contributed by atoms with Gasteiger partial charge in [0.25, 0.3) is 0 Å². The first-order chi connectivity index (χ1) is 8.83. The van der Waals surface area contributed by atoms with Gasteiger partial charge in [0.05, 0.1) is 18.7 Å². The highest BCUT2D eigenvalue weighted by Crippen LogP contribution is 2.36. The van der Waals surface area contributed by atoms with Crippen LogP contribution in [0.25, 0.3) is 0 Å². The number of halogens is 2. The molecule has 0 amide bonds. The molecule has 0 fully saturated rings. The van der Waals surface area contributed by atoms with Crippen LogP contribution < -0.4 is 9.46 Å². The van der Waals surface area contributed by atoms with Crippen LogP contribution in [-0.2, 0) is 14.8 Å². The summed E-state index contributed by atoms with van der Waals surface area (Å²) in [4.78, 5) is -0.0945. The van der Waals surface area contributed by atoms with Crippen LogP contribution in [0.4, 0.5) is 0 Å². The molecule has 0 saturated carbocycles. The molecule has 0 unspecified atom stereocenters. The van der Waals surface area contributed by atoms with Crippen molar-refractivity contribution in [1.29, 1.82) is 0 Å². The summed E-state index contributed by atoms with van der Waals surface area (Å²) in [5.74, 6) is 0.315. The average molecular weight is 328 g/mol. The van der Waals surface area contributed by atoms with Gasteiger partial charge in [-0.25, -0.2) is 13.1 Å². The predicted molar refractivity (Wildman–Crippen MR) is 74.7 cm³/mol. The summed E-state index contributed by atoms with van der Waals surface area (Å²) in [5, 5.41) is -0.00966. The zero-order valence-corrected chi connectivity index (χ0v) is 13.1. The molecule has 108 valence electrons. The SMILES string of the molecule is COC[C@@H](C)NS(=O)(=O)c1ccc(OC)c(Cl)c1Cl. The van der Waals surface area contributed by atoms with Gasteiger partial charge in [0.15, 0.2) is 0 Å². The van der Waals surface area contributed by atoms with Crippen molar-refractivity contribution < 1.29 is 17.9 Å². The number of ether oxygens (including phenoxy) is 2. The Labute approximate surface area is 122 Å². The summed E-state index contributed by atoms with van der Waals surface area (Å²) in [6.07, 6.45) is 0. The van der Waals surface area contributed by atoms with Crippen molar-refractivity contribution in [3.05, 3.63) is 22.2 Å². The van der Waals surface area contributed by atoms with Gasteiger partial charge in [-0.1, -0.05) is 23.2 Å². The molecule has 0 heterocycles. The van der Waals surface area contributed by atoms with E-state index in [-0.39, 0.29) is 27.6 Å². The summed E-state index contributed by atoms with van der Waals surface area (Å²) < 4.78 is 36.6. The molecule has 0 aliphatic heterocycles. The highest BCUT2D eigenvalue weighted by atomic mass is 35.5. The maximum Gasteiger partial charge on any atom is 0.242 e. The molecule has 8 heteroatoms. The highest BCUT2D eigenvalue weighted by molar-refractivity contribution is 7.89. The van der Waals surface area contributed by atoms with E-state index in [4.69, 9.17) is 32.7 Å². The summed E-state index contributed by atoms with van der Waals surface area (Å²) in [6, 6.07) is 2.41. The Kier molecular flexibility index (Phi) is 5.88. The summed E-state index contributed by atoms with van der Waals surface area (Å²) in [5.41, 5.74) is 0. The monoisotopic (exact) mass is 327 g/mol. The lowest BCUT2D eigenvalue weighted by molar-refractivity contribution is 0.180. The lowest BCUT2D eigenvalue weighted by atomic mass is 10.3. The van der Waals surface area contributed by atoms with E-state index in [9.17, 15) is 8.42 Å². The van der Waals surface area contributed by atoms with Gasteiger partial charge in [-0.3, -0.25) is 0 Å². The molecule has 0 bridgehead atoms. The largest absolute Gasteiger partial charge is 0.495 e. The van der Waals surface area contributed by atoms with Crippen LogP contribution in [0.5, 0.6) is 5.75 Å². The first kappa shape index (κ1) is 16.5. The van der Waals surface area contributed by atoms with Crippen LogP contribution in [0, 0.1) is 0 Å². The number of nitrogens with one attached hydrogen (secondary N) is 1. The van der Waals surface area contributed by atoms with Gasteiger partial charge in [-0.05, 0) is 19.1 Å². The maximum atomic E-state index is 12.1. The molecule has 1 N–H and O–H groups in total. The molecule has 0 aliphatic rings. The first-order valence-electron chi connectivity index (χ1n) is 5.36. The molecule has 1 aromatic carbocycles. The van der Waals surface area contributed by atoms with Gasteiger partial charge in [0.1, 0.15) is 15.7 Å². The second-order valence-electron chi connectivity index (χ2n) is 3.87. The van der Waals surface area contributed by atoms with Crippen molar-refractivity contribution in [2.24, 2.45) is 0 Å². The maximum absolute atomic E-state index is 12.1. The minimum atomic E-state index is -3.76. The van der Waals surface area contributed by atoms with Gasteiger partial charge < -0.3 is 9.47 Å². The minimum absolute atomic E-state index is 0.0615. The fraction of sp³-hybridized carbons (Fsp3) is 0.455. The molecular weight excluding hydrogens is 313 g/mol. The van der Waals surface area contributed by atoms with Crippen molar-refractivity contribution in [2.75, 3.05) is 20.8 Å². The van der Waals surface area contributed by atoms with E-state index >= 15 is 0 Å². The Morgan fingerprint density at radius 3 is 2.42 bits per heavy atom. The molecule has 1 aromatic rings. The number of hydrogen-bond donors (Lipinski definition) is 1. The van der Waals surface area contributed by atoms with Crippen molar-refractivity contribution in [1.82, 2.24) is 4.72 Å². The van der Waals surface area contributed by atoms with E-state index in [2.05, 4.69) is 4.72 Å². The van der Waals surface area contributed by atoms with Crippen molar-refractivity contribution in [2.45, 2.75) is 17.9 Å². The number of sulfonamides is 1. The molecule has 1 rings (SSSR count). The Bertz CT molecular complexity index is 548. The van der Waals surface area contributed by atoms with Gasteiger partial charge in [-0.15, -0.1) is 0 Å². The molecule has 0 spiro atoms. The Morgan fingerprint density at radius 2 is 1.89 bits per heavy atom. The summed E-state index contributed by atoms with van der Waals surface area (Å²) >= 11 is 11.9. The minimum Gasteiger partial charge on any atom is -0.495 e. The Balaban J connectivity index is 3.12. The van der Waals surface area contributed by atoms with Crippen LogP contribution in [0.2, 0.25) is 10.0 Å². The smallest absolute Gasteiger partial charge is 0.242 e. The third kappa shape index (κ3) is 3.97. The van der Waals surface area contributed by atoms with E-state index in [1.165, 1.54) is 26.4 Å².